The molecule has 2 aliphatic rings. The van der Waals surface area contributed by atoms with Crippen molar-refractivity contribution in [3.63, 3.8) is 0 Å². The number of hydrogen-bond acceptors (Lipinski definition) is 5. The third kappa shape index (κ3) is 3.39. The van der Waals surface area contributed by atoms with Gasteiger partial charge in [0, 0.05) is 11.6 Å². The third-order valence-electron chi connectivity index (χ3n) is 6.31. The van der Waals surface area contributed by atoms with E-state index in [4.69, 9.17) is 0 Å². The Kier molecular flexibility index (Phi) is 5.31. The first-order valence-electron chi connectivity index (χ1n) is 10.4. The lowest BCUT2D eigenvalue weighted by molar-refractivity contribution is -0.152. The summed E-state index contributed by atoms with van der Waals surface area (Å²) in [6.45, 7) is 3.87. The van der Waals surface area contributed by atoms with Gasteiger partial charge in [0.15, 0.2) is 0 Å². The van der Waals surface area contributed by atoms with Gasteiger partial charge in [-0.1, -0.05) is 62.4 Å². The second kappa shape index (κ2) is 7.81. The van der Waals surface area contributed by atoms with E-state index in [2.05, 4.69) is 5.32 Å². The van der Waals surface area contributed by atoms with Gasteiger partial charge in [-0.25, -0.2) is 0 Å². The number of benzene rings is 2. The van der Waals surface area contributed by atoms with Gasteiger partial charge < -0.3 is 10.2 Å². The Morgan fingerprint density at radius 1 is 1.06 bits per heavy atom. The smallest absolute Gasteiger partial charge is 0.324 e. The topological polar surface area (TPSA) is 107 Å². The summed E-state index contributed by atoms with van der Waals surface area (Å²) in [4.78, 5) is 40.7. The number of amides is 2. The SMILES string of the molecule is CC(C)C[C@]1(C(=O)O)N[C@H](c2ccccc2O)[C@H]2C(=O)N(Cc3ccccc3)C(=O)[C@@H]21. The maximum atomic E-state index is 13.5. The van der Waals surface area contributed by atoms with Crippen LogP contribution in [0.3, 0.4) is 0 Å². The minimum Gasteiger partial charge on any atom is -0.508 e. The number of carboxylic acid groups (broad SMARTS) is 1. The Morgan fingerprint density at radius 2 is 1.71 bits per heavy atom. The van der Waals surface area contributed by atoms with E-state index in [0.29, 0.717) is 5.56 Å². The minimum absolute atomic E-state index is 0.0292. The Hall–Kier alpha value is -3.19. The normalized spacial score (nSPS) is 27.7. The lowest BCUT2D eigenvalue weighted by Gasteiger charge is -2.32. The Labute approximate surface area is 180 Å². The number of phenols is 1. The van der Waals surface area contributed by atoms with Gasteiger partial charge in [0.1, 0.15) is 11.3 Å². The second-order valence-electron chi connectivity index (χ2n) is 8.81. The van der Waals surface area contributed by atoms with Crippen molar-refractivity contribution in [2.24, 2.45) is 17.8 Å². The molecule has 0 aromatic heterocycles. The van der Waals surface area contributed by atoms with Crippen LogP contribution in [0.25, 0.3) is 0 Å². The highest BCUT2D eigenvalue weighted by Gasteiger charge is 2.68. The highest BCUT2D eigenvalue weighted by Crippen LogP contribution is 2.52. The van der Waals surface area contributed by atoms with Crippen LogP contribution in [0.15, 0.2) is 54.6 Å². The van der Waals surface area contributed by atoms with Crippen LogP contribution in [0, 0.1) is 17.8 Å². The summed E-state index contributed by atoms with van der Waals surface area (Å²) in [6.07, 6.45) is 0.186. The molecule has 0 saturated carbocycles. The van der Waals surface area contributed by atoms with Gasteiger partial charge in [0.25, 0.3) is 0 Å². The van der Waals surface area contributed by atoms with E-state index in [-0.39, 0.29) is 24.6 Å². The molecule has 2 aromatic rings. The first-order chi connectivity index (χ1) is 14.8. The molecule has 31 heavy (non-hydrogen) atoms. The number of rotatable bonds is 6. The first-order valence-corrected chi connectivity index (χ1v) is 10.4. The summed E-state index contributed by atoms with van der Waals surface area (Å²) in [7, 11) is 0. The number of para-hydroxylation sites is 1. The van der Waals surface area contributed by atoms with Crippen LogP contribution in [0.2, 0.25) is 0 Å². The van der Waals surface area contributed by atoms with Gasteiger partial charge >= 0.3 is 5.97 Å². The number of likely N-dealkylation sites (tertiary alicyclic amines) is 1. The maximum absolute atomic E-state index is 13.5. The van der Waals surface area contributed by atoms with E-state index in [0.717, 1.165) is 5.56 Å². The summed E-state index contributed by atoms with van der Waals surface area (Å²) >= 11 is 0. The van der Waals surface area contributed by atoms with Gasteiger partial charge in [0.2, 0.25) is 11.8 Å². The highest BCUT2D eigenvalue weighted by atomic mass is 16.4. The van der Waals surface area contributed by atoms with Crippen molar-refractivity contribution >= 4 is 17.8 Å². The quantitative estimate of drug-likeness (QED) is 0.618. The average molecular weight is 422 g/mol. The fourth-order valence-corrected chi connectivity index (χ4v) is 5.12. The number of imide groups is 1. The molecule has 0 spiro atoms. The number of carbonyl (C=O) groups is 3. The van der Waals surface area contributed by atoms with E-state index < -0.39 is 41.2 Å². The van der Waals surface area contributed by atoms with E-state index in [9.17, 15) is 24.6 Å². The summed E-state index contributed by atoms with van der Waals surface area (Å²) in [5.74, 6) is -4.06. The number of phenolic OH excluding ortho intramolecular Hbond substituents is 1. The predicted octanol–water partition coefficient (Wildman–Crippen LogP) is 2.71. The number of aromatic hydroxyl groups is 1. The zero-order valence-electron chi connectivity index (χ0n) is 17.5. The molecule has 7 nitrogen and oxygen atoms in total. The van der Waals surface area contributed by atoms with Gasteiger partial charge in [-0.15, -0.1) is 0 Å². The molecular formula is C24H26N2O5. The summed E-state index contributed by atoms with van der Waals surface area (Å²) < 4.78 is 0. The number of carboxylic acids is 1. The fraction of sp³-hybridized carbons (Fsp3) is 0.375. The van der Waals surface area contributed by atoms with E-state index >= 15 is 0 Å². The molecule has 0 radical (unpaired) electrons. The largest absolute Gasteiger partial charge is 0.508 e. The molecule has 2 amide bonds. The molecule has 2 saturated heterocycles. The van der Waals surface area contributed by atoms with Gasteiger partial charge in [0.05, 0.1) is 18.4 Å². The molecule has 2 aromatic carbocycles. The second-order valence-corrected chi connectivity index (χ2v) is 8.81. The minimum atomic E-state index is -1.59. The molecule has 2 fully saturated rings. The number of nitrogens with one attached hydrogen (secondary N) is 1. The van der Waals surface area contributed by atoms with Crippen molar-refractivity contribution < 1.29 is 24.6 Å². The Morgan fingerprint density at radius 3 is 2.32 bits per heavy atom. The molecule has 3 N–H and O–H groups in total. The number of carbonyl (C=O) groups excluding carboxylic acids is 2. The van der Waals surface area contributed by atoms with Crippen LogP contribution in [0.4, 0.5) is 0 Å². The maximum Gasteiger partial charge on any atom is 0.324 e. The van der Waals surface area contributed by atoms with Crippen molar-refractivity contribution in [3.05, 3.63) is 65.7 Å². The van der Waals surface area contributed by atoms with Gasteiger partial charge in [-0.2, -0.15) is 0 Å². The molecule has 2 heterocycles. The first kappa shape index (κ1) is 21.1. The average Bonchev–Trinajstić information content (AvgIpc) is 3.19. The number of hydrogen-bond donors (Lipinski definition) is 3. The van der Waals surface area contributed by atoms with E-state index in [1.54, 1.807) is 18.2 Å². The molecular weight excluding hydrogens is 396 g/mol. The number of aliphatic carboxylic acids is 1. The van der Waals surface area contributed by atoms with Gasteiger partial charge in [-0.3, -0.25) is 24.6 Å². The van der Waals surface area contributed by atoms with Gasteiger partial charge in [-0.05, 0) is 24.0 Å². The van der Waals surface area contributed by atoms with Crippen molar-refractivity contribution in [2.75, 3.05) is 0 Å². The molecule has 0 bridgehead atoms. The third-order valence-corrected chi connectivity index (χ3v) is 6.31. The van der Waals surface area contributed by atoms with Crippen molar-refractivity contribution in [1.82, 2.24) is 10.2 Å². The summed E-state index contributed by atoms with van der Waals surface area (Å²) in [6, 6.07) is 14.9. The fourth-order valence-electron chi connectivity index (χ4n) is 5.12. The standard InChI is InChI=1S/C24H26N2O5/c1-14(2)12-24(23(30)31)19-18(20(25-24)16-10-6-7-11-17(16)27)21(28)26(22(19)29)13-15-8-4-3-5-9-15/h3-11,14,18-20,25,27H,12-13H2,1-2H3,(H,30,31)/t18-,19+,20+,24-/m0/s1. The van der Waals surface area contributed by atoms with E-state index in [1.165, 1.54) is 11.0 Å². The molecule has 0 unspecified atom stereocenters. The lowest BCUT2D eigenvalue weighted by Crippen LogP contribution is -2.56. The van der Waals surface area contributed by atoms with Crippen LogP contribution >= 0.6 is 0 Å². The monoisotopic (exact) mass is 422 g/mol. The van der Waals surface area contributed by atoms with Crippen molar-refractivity contribution in [2.45, 2.75) is 38.4 Å². The molecule has 4 rings (SSSR count). The molecule has 162 valence electrons. The number of nitrogens with zero attached hydrogens (tertiary/aromatic N) is 1. The van der Waals surface area contributed by atoms with Crippen molar-refractivity contribution in [3.8, 4) is 5.75 Å². The Balaban J connectivity index is 1.81. The van der Waals surface area contributed by atoms with Crippen LogP contribution in [-0.2, 0) is 20.9 Å². The molecule has 4 atom stereocenters. The molecule has 2 aliphatic heterocycles. The van der Waals surface area contributed by atoms with Crippen LogP contribution < -0.4 is 5.32 Å². The van der Waals surface area contributed by atoms with E-state index in [1.807, 2.05) is 44.2 Å². The van der Waals surface area contributed by atoms with Crippen LogP contribution in [0.1, 0.15) is 37.4 Å². The number of fused-ring (bicyclic) bond motifs is 1. The molecule has 7 heteroatoms. The highest BCUT2D eigenvalue weighted by molar-refractivity contribution is 6.09. The zero-order valence-corrected chi connectivity index (χ0v) is 17.5. The zero-order chi connectivity index (χ0) is 22.3. The summed E-state index contributed by atoms with van der Waals surface area (Å²) in [5.41, 5.74) is -0.377. The predicted molar refractivity (Wildman–Crippen MR) is 113 cm³/mol. The Bertz CT molecular complexity index is 1020. The van der Waals surface area contributed by atoms with Crippen LogP contribution in [-0.4, -0.2) is 38.4 Å². The van der Waals surface area contributed by atoms with Crippen LogP contribution in [0.5, 0.6) is 5.75 Å². The van der Waals surface area contributed by atoms with Crippen molar-refractivity contribution in [1.29, 1.82) is 0 Å². The molecule has 0 aliphatic carbocycles. The lowest BCUT2D eigenvalue weighted by atomic mass is 9.75. The summed E-state index contributed by atoms with van der Waals surface area (Å²) in [5, 5.41) is 23.8.